The molecule has 3 nitrogen and oxygen atoms in total. The van der Waals surface area contributed by atoms with Crippen LogP contribution in [0.3, 0.4) is 0 Å². The molecule has 2 amide bonds. The average molecular weight is 222 g/mol. The highest BCUT2D eigenvalue weighted by atomic mass is 16.2. The number of carbonyl (C=O) groups excluding carboxylic acids is 1. The van der Waals surface area contributed by atoms with Gasteiger partial charge in [0, 0.05) is 25.6 Å². The standard InChI is InChI=1S/C13H22N2O/c1-3-9-12(4-2)14-13(16)15-10-7-5-6-8-11-15/h1,12H,4-11H2,2H3,(H,14,16). The van der Waals surface area contributed by atoms with Crippen LogP contribution in [0.1, 0.15) is 45.4 Å². The zero-order chi connectivity index (χ0) is 11.8. The normalized spacial score (nSPS) is 18.4. The Morgan fingerprint density at radius 3 is 2.50 bits per heavy atom. The van der Waals surface area contributed by atoms with Crippen LogP contribution >= 0.6 is 0 Å². The fraction of sp³-hybridized carbons (Fsp3) is 0.769. The summed E-state index contributed by atoms with van der Waals surface area (Å²) in [6, 6.07) is 0.185. The van der Waals surface area contributed by atoms with Crippen LogP contribution in [0.4, 0.5) is 4.79 Å². The van der Waals surface area contributed by atoms with Crippen molar-refractivity contribution in [3.05, 3.63) is 0 Å². The summed E-state index contributed by atoms with van der Waals surface area (Å²) in [6.45, 7) is 3.82. The lowest BCUT2D eigenvalue weighted by Crippen LogP contribution is -2.44. The van der Waals surface area contributed by atoms with E-state index in [1.165, 1.54) is 12.8 Å². The summed E-state index contributed by atoms with van der Waals surface area (Å²) in [5.41, 5.74) is 0. The zero-order valence-electron chi connectivity index (χ0n) is 10.2. The molecule has 1 unspecified atom stereocenters. The van der Waals surface area contributed by atoms with Crippen molar-refractivity contribution in [1.82, 2.24) is 10.2 Å². The number of carbonyl (C=O) groups is 1. The van der Waals surface area contributed by atoms with Crippen LogP contribution in [0.2, 0.25) is 0 Å². The molecule has 0 bridgehead atoms. The first-order chi connectivity index (χ1) is 7.77. The van der Waals surface area contributed by atoms with Gasteiger partial charge in [-0.05, 0) is 19.3 Å². The monoisotopic (exact) mass is 222 g/mol. The summed E-state index contributed by atoms with van der Waals surface area (Å²) in [5, 5.41) is 3.01. The molecular weight excluding hydrogens is 200 g/mol. The molecular formula is C13H22N2O. The summed E-state index contributed by atoms with van der Waals surface area (Å²) < 4.78 is 0. The Balaban J connectivity index is 2.40. The van der Waals surface area contributed by atoms with Crippen molar-refractivity contribution < 1.29 is 4.79 Å². The number of hydrogen-bond donors (Lipinski definition) is 1. The summed E-state index contributed by atoms with van der Waals surface area (Å²) in [7, 11) is 0. The second-order valence-corrected chi connectivity index (χ2v) is 4.36. The highest BCUT2D eigenvalue weighted by Gasteiger charge is 2.17. The van der Waals surface area contributed by atoms with Crippen molar-refractivity contribution in [2.75, 3.05) is 13.1 Å². The number of rotatable bonds is 3. The van der Waals surface area contributed by atoms with E-state index in [9.17, 15) is 4.79 Å². The summed E-state index contributed by atoms with van der Waals surface area (Å²) in [6.07, 6.45) is 11.5. The number of likely N-dealkylation sites (tertiary alicyclic amines) is 1. The summed E-state index contributed by atoms with van der Waals surface area (Å²) >= 11 is 0. The lowest BCUT2D eigenvalue weighted by molar-refractivity contribution is 0.195. The van der Waals surface area contributed by atoms with Crippen LogP contribution < -0.4 is 5.32 Å². The quantitative estimate of drug-likeness (QED) is 0.731. The van der Waals surface area contributed by atoms with E-state index >= 15 is 0 Å². The number of nitrogens with zero attached hydrogens (tertiary/aromatic N) is 1. The third-order valence-electron chi connectivity index (χ3n) is 3.08. The minimum absolute atomic E-state index is 0.0593. The molecule has 0 aliphatic carbocycles. The molecule has 0 aromatic heterocycles. The first-order valence-corrected chi connectivity index (χ1v) is 6.26. The second kappa shape index (κ2) is 7.16. The van der Waals surface area contributed by atoms with Crippen LogP contribution in [0.5, 0.6) is 0 Å². The van der Waals surface area contributed by atoms with Gasteiger partial charge in [0.15, 0.2) is 0 Å². The van der Waals surface area contributed by atoms with Crippen molar-refractivity contribution in [2.24, 2.45) is 0 Å². The first-order valence-electron chi connectivity index (χ1n) is 6.26. The molecule has 0 spiro atoms. The second-order valence-electron chi connectivity index (χ2n) is 4.36. The van der Waals surface area contributed by atoms with Crippen molar-refractivity contribution >= 4 is 6.03 Å². The Morgan fingerprint density at radius 2 is 2.00 bits per heavy atom. The summed E-state index contributed by atoms with van der Waals surface area (Å²) in [5.74, 6) is 2.61. The van der Waals surface area contributed by atoms with Gasteiger partial charge in [0.2, 0.25) is 0 Å². The smallest absolute Gasteiger partial charge is 0.317 e. The van der Waals surface area contributed by atoms with Crippen molar-refractivity contribution in [3.63, 3.8) is 0 Å². The van der Waals surface area contributed by atoms with Gasteiger partial charge in [-0.3, -0.25) is 0 Å². The molecule has 1 N–H and O–H groups in total. The number of urea groups is 1. The van der Waals surface area contributed by atoms with Crippen molar-refractivity contribution in [3.8, 4) is 12.3 Å². The van der Waals surface area contributed by atoms with E-state index in [2.05, 4.69) is 11.2 Å². The topological polar surface area (TPSA) is 32.3 Å². The lowest BCUT2D eigenvalue weighted by atomic mass is 10.1. The van der Waals surface area contributed by atoms with Gasteiger partial charge < -0.3 is 10.2 Å². The van der Waals surface area contributed by atoms with Crippen LogP contribution in [-0.2, 0) is 0 Å². The molecule has 0 saturated carbocycles. The van der Waals surface area contributed by atoms with Crippen molar-refractivity contribution in [1.29, 1.82) is 0 Å². The maximum Gasteiger partial charge on any atom is 0.317 e. The average Bonchev–Trinajstić information content (AvgIpc) is 2.56. The van der Waals surface area contributed by atoms with Crippen LogP contribution in [0, 0.1) is 12.3 Å². The van der Waals surface area contributed by atoms with Gasteiger partial charge in [0.25, 0.3) is 0 Å². The Bertz CT molecular complexity index is 249. The minimum atomic E-state index is 0.0593. The highest BCUT2D eigenvalue weighted by molar-refractivity contribution is 5.74. The predicted octanol–water partition coefficient (Wildman–Crippen LogP) is 2.37. The van der Waals surface area contributed by atoms with E-state index in [1.807, 2.05) is 11.8 Å². The van der Waals surface area contributed by atoms with E-state index in [1.54, 1.807) is 0 Å². The molecule has 0 aromatic carbocycles. The lowest BCUT2D eigenvalue weighted by Gasteiger charge is -2.24. The Hall–Kier alpha value is -1.17. The SMILES string of the molecule is C#CCC(CC)NC(=O)N1CCCCCC1. The molecule has 1 aliphatic heterocycles. The molecule has 1 rings (SSSR count). The minimum Gasteiger partial charge on any atom is -0.334 e. The predicted molar refractivity (Wildman–Crippen MR) is 66.1 cm³/mol. The highest BCUT2D eigenvalue weighted by Crippen LogP contribution is 2.10. The van der Waals surface area contributed by atoms with Crippen molar-refractivity contribution in [2.45, 2.75) is 51.5 Å². The fourth-order valence-corrected chi connectivity index (χ4v) is 1.98. The van der Waals surface area contributed by atoms with Gasteiger partial charge >= 0.3 is 6.03 Å². The third-order valence-corrected chi connectivity index (χ3v) is 3.08. The van der Waals surface area contributed by atoms with Gasteiger partial charge in [-0.15, -0.1) is 12.3 Å². The molecule has 3 heteroatoms. The maximum absolute atomic E-state index is 11.9. The van der Waals surface area contributed by atoms with E-state index in [0.29, 0.717) is 6.42 Å². The molecule has 1 atom stereocenters. The maximum atomic E-state index is 11.9. The van der Waals surface area contributed by atoms with E-state index in [0.717, 1.165) is 32.4 Å². The number of amides is 2. The first kappa shape index (κ1) is 12.9. The molecule has 1 saturated heterocycles. The van der Waals surface area contributed by atoms with Gasteiger partial charge in [-0.25, -0.2) is 4.79 Å². The molecule has 16 heavy (non-hydrogen) atoms. The molecule has 0 radical (unpaired) electrons. The van der Waals surface area contributed by atoms with Gasteiger partial charge in [-0.2, -0.15) is 0 Å². The zero-order valence-corrected chi connectivity index (χ0v) is 10.2. The Kier molecular flexibility index (Phi) is 5.77. The van der Waals surface area contributed by atoms with Crippen LogP contribution in [0.15, 0.2) is 0 Å². The van der Waals surface area contributed by atoms with Crippen LogP contribution in [-0.4, -0.2) is 30.1 Å². The molecule has 0 aromatic rings. The van der Waals surface area contributed by atoms with E-state index < -0.39 is 0 Å². The number of hydrogen-bond acceptors (Lipinski definition) is 1. The van der Waals surface area contributed by atoms with Crippen LogP contribution in [0.25, 0.3) is 0 Å². The molecule has 1 aliphatic rings. The largest absolute Gasteiger partial charge is 0.334 e. The summed E-state index contributed by atoms with van der Waals surface area (Å²) in [4.78, 5) is 13.9. The molecule has 1 heterocycles. The third kappa shape index (κ3) is 4.14. The Morgan fingerprint density at radius 1 is 1.38 bits per heavy atom. The van der Waals surface area contributed by atoms with Gasteiger partial charge in [0.1, 0.15) is 0 Å². The number of terminal acetylenes is 1. The fourth-order valence-electron chi connectivity index (χ4n) is 1.98. The molecule has 90 valence electrons. The van der Waals surface area contributed by atoms with E-state index in [-0.39, 0.29) is 12.1 Å². The Labute approximate surface area is 98.6 Å². The van der Waals surface area contributed by atoms with Gasteiger partial charge in [0.05, 0.1) is 0 Å². The van der Waals surface area contributed by atoms with E-state index in [4.69, 9.17) is 6.42 Å². The molecule has 1 fully saturated rings. The van der Waals surface area contributed by atoms with Gasteiger partial charge in [-0.1, -0.05) is 19.8 Å². The number of nitrogens with one attached hydrogen (secondary N) is 1.